The summed E-state index contributed by atoms with van der Waals surface area (Å²) in [7, 11) is -3.76. The summed E-state index contributed by atoms with van der Waals surface area (Å²) >= 11 is 0. The summed E-state index contributed by atoms with van der Waals surface area (Å²) in [6, 6.07) is 15.6. The van der Waals surface area contributed by atoms with Crippen molar-refractivity contribution in [2.24, 2.45) is 0 Å². The molecule has 1 atom stereocenters. The average Bonchev–Trinajstić information content (AvgIpc) is 2.79. The maximum absolute atomic E-state index is 13.1. The summed E-state index contributed by atoms with van der Waals surface area (Å²) in [6.07, 6.45) is 2.13. The van der Waals surface area contributed by atoms with Crippen LogP contribution in [0.15, 0.2) is 59.5 Å². The van der Waals surface area contributed by atoms with Gasteiger partial charge in [0, 0.05) is 17.3 Å². The Morgan fingerprint density at radius 1 is 1.12 bits per heavy atom. The number of fused-ring (bicyclic) bond motifs is 1. The number of hydrogen-bond donors (Lipinski definition) is 2. The summed E-state index contributed by atoms with van der Waals surface area (Å²) in [4.78, 5) is 15.6. The number of sulfonamides is 1. The first-order chi connectivity index (χ1) is 15.7. The Morgan fingerprint density at radius 2 is 1.88 bits per heavy atom. The van der Waals surface area contributed by atoms with Crippen molar-refractivity contribution in [2.45, 2.75) is 44.0 Å². The number of nitrogens with zero attached hydrogens (tertiary/aromatic N) is 1. The highest BCUT2D eigenvalue weighted by Crippen LogP contribution is 2.36. The van der Waals surface area contributed by atoms with E-state index in [9.17, 15) is 13.2 Å². The average molecular weight is 467 g/mol. The Balaban J connectivity index is 1.55. The molecule has 1 aromatic heterocycles. The van der Waals surface area contributed by atoms with Crippen molar-refractivity contribution in [2.75, 3.05) is 6.61 Å². The van der Waals surface area contributed by atoms with Crippen LogP contribution in [-0.4, -0.2) is 31.1 Å². The van der Waals surface area contributed by atoms with Crippen molar-refractivity contribution >= 4 is 16.0 Å². The van der Waals surface area contributed by atoms with Gasteiger partial charge in [-0.1, -0.05) is 30.3 Å². The summed E-state index contributed by atoms with van der Waals surface area (Å²) in [6.45, 7) is 3.51. The van der Waals surface area contributed by atoms with Crippen LogP contribution in [0.25, 0.3) is 11.3 Å². The second kappa shape index (κ2) is 9.33. The van der Waals surface area contributed by atoms with Gasteiger partial charge in [0.1, 0.15) is 5.75 Å². The number of aryl methyl sites for hydroxylation is 2. The first-order valence-corrected chi connectivity index (χ1v) is 12.3. The molecule has 1 aliphatic carbocycles. The van der Waals surface area contributed by atoms with E-state index in [1.165, 1.54) is 0 Å². The number of carboxylic acid groups (broad SMARTS) is 1. The number of carbonyl (C=O) groups is 1. The summed E-state index contributed by atoms with van der Waals surface area (Å²) in [5.41, 5.74) is 5.36. The quantitative estimate of drug-likeness (QED) is 0.541. The molecule has 33 heavy (non-hydrogen) atoms. The highest BCUT2D eigenvalue weighted by molar-refractivity contribution is 7.89. The van der Waals surface area contributed by atoms with Gasteiger partial charge < -0.3 is 9.84 Å². The highest BCUT2D eigenvalue weighted by Gasteiger charge is 2.27. The molecule has 2 aromatic carbocycles. The van der Waals surface area contributed by atoms with Crippen LogP contribution in [0.4, 0.5) is 0 Å². The number of carboxylic acids is 1. The van der Waals surface area contributed by atoms with Gasteiger partial charge in [-0.05, 0) is 74.1 Å². The fraction of sp³-hybridized carbons (Fsp3) is 0.280. The Kier molecular flexibility index (Phi) is 6.49. The molecule has 0 spiro atoms. The molecule has 0 amide bonds. The number of rotatable bonds is 7. The van der Waals surface area contributed by atoms with Gasteiger partial charge in [0.15, 0.2) is 6.61 Å². The molecule has 1 aliphatic rings. The summed E-state index contributed by atoms with van der Waals surface area (Å²) in [5, 5.41) is 8.91. The van der Waals surface area contributed by atoms with E-state index in [2.05, 4.69) is 9.71 Å². The molecule has 1 heterocycles. The van der Waals surface area contributed by atoms with Crippen molar-refractivity contribution < 1.29 is 23.1 Å². The minimum Gasteiger partial charge on any atom is -0.482 e. The van der Waals surface area contributed by atoms with Crippen LogP contribution in [0.5, 0.6) is 5.75 Å². The monoisotopic (exact) mass is 466 g/mol. The minimum absolute atomic E-state index is 0.181. The number of aromatic nitrogens is 1. The van der Waals surface area contributed by atoms with Gasteiger partial charge in [-0.2, -0.15) is 0 Å². The van der Waals surface area contributed by atoms with Crippen molar-refractivity contribution in [3.8, 4) is 17.0 Å². The minimum atomic E-state index is -3.76. The predicted molar refractivity (Wildman–Crippen MR) is 125 cm³/mol. The first-order valence-electron chi connectivity index (χ1n) is 10.8. The van der Waals surface area contributed by atoms with E-state index >= 15 is 0 Å². The van der Waals surface area contributed by atoms with Crippen LogP contribution in [0.1, 0.15) is 41.3 Å². The second-order valence-electron chi connectivity index (χ2n) is 8.20. The zero-order chi connectivity index (χ0) is 23.6. The maximum Gasteiger partial charge on any atom is 0.341 e. The Hall–Kier alpha value is -3.23. The molecule has 0 fully saturated rings. The number of nitrogens with one attached hydrogen (secondary N) is 1. The molecule has 172 valence electrons. The lowest BCUT2D eigenvalue weighted by Gasteiger charge is -2.27. The van der Waals surface area contributed by atoms with Crippen LogP contribution < -0.4 is 9.46 Å². The van der Waals surface area contributed by atoms with Crippen molar-refractivity contribution in [3.05, 3.63) is 77.0 Å². The van der Waals surface area contributed by atoms with Crippen molar-refractivity contribution in [1.29, 1.82) is 0 Å². The number of hydrogen-bond acceptors (Lipinski definition) is 5. The number of benzene rings is 2. The van der Waals surface area contributed by atoms with Crippen LogP contribution in [0.2, 0.25) is 0 Å². The van der Waals surface area contributed by atoms with Crippen LogP contribution >= 0.6 is 0 Å². The molecule has 0 bridgehead atoms. The summed E-state index contributed by atoms with van der Waals surface area (Å²) in [5.74, 6) is -0.566. The third-order valence-electron chi connectivity index (χ3n) is 5.92. The van der Waals surface area contributed by atoms with E-state index in [0.29, 0.717) is 18.6 Å². The predicted octanol–water partition coefficient (Wildman–Crippen LogP) is 4.18. The van der Waals surface area contributed by atoms with E-state index in [1.54, 1.807) is 36.4 Å². The van der Waals surface area contributed by atoms with E-state index < -0.39 is 28.6 Å². The van der Waals surface area contributed by atoms with E-state index in [0.717, 1.165) is 40.1 Å². The molecular weight excluding hydrogens is 440 g/mol. The molecule has 1 unspecified atom stereocenters. The highest BCUT2D eigenvalue weighted by atomic mass is 32.2. The largest absolute Gasteiger partial charge is 0.482 e. The van der Waals surface area contributed by atoms with E-state index in [1.807, 2.05) is 32.0 Å². The van der Waals surface area contributed by atoms with Crippen LogP contribution in [0.3, 0.4) is 0 Å². The third-order valence-corrected chi connectivity index (χ3v) is 7.41. The molecule has 3 aromatic rings. The van der Waals surface area contributed by atoms with Gasteiger partial charge >= 0.3 is 5.97 Å². The van der Waals surface area contributed by atoms with Crippen LogP contribution in [0, 0.1) is 13.8 Å². The molecule has 7 nitrogen and oxygen atoms in total. The lowest BCUT2D eigenvalue weighted by molar-refractivity contribution is -0.139. The molecule has 8 heteroatoms. The van der Waals surface area contributed by atoms with E-state index in [4.69, 9.17) is 9.84 Å². The molecule has 0 saturated carbocycles. The normalized spacial score (nSPS) is 15.6. The Morgan fingerprint density at radius 3 is 2.58 bits per heavy atom. The van der Waals surface area contributed by atoms with Gasteiger partial charge in [-0.25, -0.2) is 17.9 Å². The van der Waals surface area contributed by atoms with Gasteiger partial charge in [0.2, 0.25) is 10.0 Å². The molecule has 4 rings (SSSR count). The van der Waals surface area contributed by atoms with Crippen molar-refractivity contribution in [3.63, 3.8) is 0 Å². The van der Waals surface area contributed by atoms with Gasteiger partial charge in [-0.3, -0.25) is 4.98 Å². The molecular formula is C25H26N2O5S. The Bertz CT molecular complexity index is 1290. The van der Waals surface area contributed by atoms with Gasteiger partial charge in [0.25, 0.3) is 0 Å². The number of ether oxygens (including phenoxy) is 1. The molecule has 2 N–H and O–H groups in total. The van der Waals surface area contributed by atoms with E-state index in [-0.39, 0.29) is 4.90 Å². The smallest absolute Gasteiger partial charge is 0.341 e. The topological polar surface area (TPSA) is 106 Å². The van der Waals surface area contributed by atoms with Crippen LogP contribution in [-0.2, 0) is 21.2 Å². The zero-order valence-corrected chi connectivity index (χ0v) is 19.4. The molecule has 0 saturated heterocycles. The third kappa shape index (κ3) is 5.07. The Labute approximate surface area is 193 Å². The van der Waals surface area contributed by atoms with Gasteiger partial charge in [0.05, 0.1) is 10.6 Å². The second-order valence-corrected chi connectivity index (χ2v) is 9.91. The zero-order valence-electron chi connectivity index (χ0n) is 18.5. The maximum atomic E-state index is 13.1. The van der Waals surface area contributed by atoms with Crippen molar-refractivity contribution in [1.82, 2.24) is 9.71 Å². The van der Waals surface area contributed by atoms with Gasteiger partial charge in [-0.15, -0.1) is 0 Å². The fourth-order valence-corrected chi connectivity index (χ4v) is 5.31. The molecule has 0 radical (unpaired) electrons. The lowest BCUT2D eigenvalue weighted by Crippen LogP contribution is -2.31. The lowest BCUT2D eigenvalue weighted by atomic mass is 9.87. The number of aliphatic carboxylic acids is 1. The SMILES string of the molecule is Cc1ccc(-c2ccc(S(=O)(=O)NC3CCCc4c(OCC(=O)O)cccc43)cc2)nc1C. The number of pyridine rings is 1. The molecule has 0 aliphatic heterocycles. The fourth-order valence-electron chi connectivity index (χ4n) is 4.06. The standard InChI is InChI=1S/C25H26N2O5S/c1-16-9-14-22(26-17(16)2)18-10-12-19(13-11-18)33(30,31)27-23-7-3-6-21-20(23)5-4-8-24(21)32-15-25(28)29/h4-5,8-14,23,27H,3,6-7,15H2,1-2H3,(H,28,29). The first kappa shape index (κ1) is 22.9. The summed E-state index contributed by atoms with van der Waals surface area (Å²) < 4.78 is 34.5.